The lowest BCUT2D eigenvalue weighted by Gasteiger charge is -2.27. The molecule has 2 aromatic rings. The Hall–Kier alpha value is -1.57. The van der Waals surface area contributed by atoms with Crippen molar-refractivity contribution in [2.24, 2.45) is 0 Å². The molecule has 0 spiro atoms. The first-order chi connectivity index (χ1) is 9.02. The maximum Gasteiger partial charge on any atom is 0.126 e. The SMILES string of the molecule is CC(C)(C)c1ccc2ccc(NC3CCC3)nc2c1. The molecule has 2 nitrogen and oxygen atoms in total. The fraction of sp³-hybridized carbons (Fsp3) is 0.471. The zero-order chi connectivity index (χ0) is 13.5. The van der Waals surface area contributed by atoms with Gasteiger partial charge in [-0.05, 0) is 48.4 Å². The highest BCUT2D eigenvalue weighted by atomic mass is 15.0. The van der Waals surface area contributed by atoms with Crippen molar-refractivity contribution in [1.82, 2.24) is 4.98 Å². The van der Waals surface area contributed by atoms with E-state index in [2.05, 4.69) is 56.4 Å². The van der Waals surface area contributed by atoms with Gasteiger partial charge in [0.05, 0.1) is 5.52 Å². The van der Waals surface area contributed by atoms with Gasteiger partial charge in [0.2, 0.25) is 0 Å². The first kappa shape index (κ1) is 12.5. The van der Waals surface area contributed by atoms with Crippen LogP contribution in [0.25, 0.3) is 10.9 Å². The van der Waals surface area contributed by atoms with E-state index in [9.17, 15) is 0 Å². The van der Waals surface area contributed by atoms with Crippen LogP contribution in [0.15, 0.2) is 30.3 Å². The largest absolute Gasteiger partial charge is 0.367 e. The van der Waals surface area contributed by atoms with Crippen molar-refractivity contribution in [3.05, 3.63) is 35.9 Å². The molecule has 0 atom stereocenters. The van der Waals surface area contributed by atoms with Crippen LogP contribution in [0.3, 0.4) is 0 Å². The van der Waals surface area contributed by atoms with Gasteiger partial charge in [0.15, 0.2) is 0 Å². The van der Waals surface area contributed by atoms with E-state index in [1.807, 2.05) is 0 Å². The second-order valence-electron chi connectivity index (χ2n) is 6.63. The van der Waals surface area contributed by atoms with E-state index in [-0.39, 0.29) is 5.41 Å². The molecule has 19 heavy (non-hydrogen) atoms. The zero-order valence-corrected chi connectivity index (χ0v) is 12.0. The lowest BCUT2D eigenvalue weighted by molar-refractivity contribution is 0.444. The lowest BCUT2D eigenvalue weighted by atomic mass is 9.86. The van der Waals surface area contributed by atoms with Gasteiger partial charge in [0.1, 0.15) is 5.82 Å². The number of nitrogens with one attached hydrogen (secondary N) is 1. The molecule has 1 aromatic carbocycles. The molecule has 0 bridgehead atoms. The molecule has 1 aromatic heterocycles. The maximum absolute atomic E-state index is 4.76. The first-order valence-electron chi connectivity index (χ1n) is 7.20. The van der Waals surface area contributed by atoms with Crippen LogP contribution in [-0.2, 0) is 5.41 Å². The predicted octanol–water partition coefficient (Wildman–Crippen LogP) is 4.50. The summed E-state index contributed by atoms with van der Waals surface area (Å²) in [6.07, 6.45) is 3.91. The minimum absolute atomic E-state index is 0.174. The van der Waals surface area contributed by atoms with Gasteiger partial charge in [-0.15, -0.1) is 0 Å². The van der Waals surface area contributed by atoms with Crippen LogP contribution in [0.5, 0.6) is 0 Å². The van der Waals surface area contributed by atoms with Gasteiger partial charge in [-0.3, -0.25) is 0 Å². The van der Waals surface area contributed by atoms with E-state index in [0.29, 0.717) is 6.04 Å². The van der Waals surface area contributed by atoms with Crippen LogP contribution >= 0.6 is 0 Å². The van der Waals surface area contributed by atoms with Gasteiger partial charge in [-0.25, -0.2) is 4.98 Å². The average Bonchev–Trinajstić information content (AvgIpc) is 2.32. The highest BCUT2D eigenvalue weighted by Gasteiger charge is 2.18. The van der Waals surface area contributed by atoms with E-state index in [1.165, 1.54) is 30.2 Å². The Bertz CT molecular complexity index is 592. The molecule has 0 unspecified atom stereocenters. The fourth-order valence-corrected chi connectivity index (χ4v) is 2.43. The first-order valence-corrected chi connectivity index (χ1v) is 7.20. The highest BCUT2D eigenvalue weighted by molar-refractivity contribution is 5.81. The van der Waals surface area contributed by atoms with Gasteiger partial charge >= 0.3 is 0 Å². The summed E-state index contributed by atoms with van der Waals surface area (Å²) in [5, 5.41) is 4.73. The van der Waals surface area contributed by atoms with Crippen LogP contribution in [0.4, 0.5) is 5.82 Å². The van der Waals surface area contributed by atoms with Crippen LogP contribution in [0, 0.1) is 0 Å². The van der Waals surface area contributed by atoms with E-state index in [0.717, 1.165) is 11.3 Å². The third-order valence-electron chi connectivity index (χ3n) is 4.02. The van der Waals surface area contributed by atoms with E-state index < -0.39 is 0 Å². The van der Waals surface area contributed by atoms with E-state index in [1.54, 1.807) is 0 Å². The molecule has 0 radical (unpaired) electrons. The minimum Gasteiger partial charge on any atom is -0.367 e. The van der Waals surface area contributed by atoms with Crippen LogP contribution in [0.2, 0.25) is 0 Å². The van der Waals surface area contributed by atoms with Crippen LogP contribution in [0.1, 0.15) is 45.6 Å². The molecule has 100 valence electrons. The summed E-state index contributed by atoms with van der Waals surface area (Å²) in [7, 11) is 0. The molecule has 1 aliphatic carbocycles. The topological polar surface area (TPSA) is 24.9 Å². The molecule has 3 rings (SSSR count). The van der Waals surface area contributed by atoms with Gasteiger partial charge in [-0.2, -0.15) is 0 Å². The number of rotatable bonds is 2. The van der Waals surface area contributed by atoms with Crippen molar-refractivity contribution >= 4 is 16.7 Å². The number of anilines is 1. The molecule has 1 N–H and O–H groups in total. The number of hydrogen-bond acceptors (Lipinski definition) is 2. The molecular weight excluding hydrogens is 232 g/mol. The van der Waals surface area contributed by atoms with Crippen molar-refractivity contribution in [2.75, 3.05) is 5.32 Å². The summed E-state index contributed by atoms with van der Waals surface area (Å²) < 4.78 is 0. The number of fused-ring (bicyclic) bond motifs is 1. The van der Waals surface area contributed by atoms with Crippen molar-refractivity contribution in [1.29, 1.82) is 0 Å². The number of aromatic nitrogens is 1. The normalized spacial score (nSPS) is 16.4. The van der Waals surface area contributed by atoms with Gasteiger partial charge in [-0.1, -0.05) is 32.9 Å². The fourth-order valence-electron chi connectivity index (χ4n) is 2.43. The molecule has 1 fully saturated rings. The van der Waals surface area contributed by atoms with Crippen LogP contribution < -0.4 is 5.32 Å². The van der Waals surface area contributed by atoms with E-state index in [4.69, 9.17) is 4.98 Å². The minimum atomic E-state index is 0.174. The smallest absolute Gasteiger partial charge is 0.126 e. The number of nitrogens with zero attached hydrogens (tertiary/aromatic N) is 1. The Morgan fingerprint density at radius 3 is 2.47 bits per heavy atom. The second kappa shape index (κ2) is 4.52. The zero-order valence-electron chi connectivity index (χ0n) is 12.0. The second-order valence-corrected chi connectivity index (χ2v) is 6.63. The summed E-state index contributed by atoms with van der Waals surface area (Å²) in [5.74, 6) is 1.02. The van der Waals surface area contributed by atoms with Gasteiger partial charge < -0.3 is 5.32 Å². The number of hydrogen-bond donors (Lipinski definition) is 1. The summed E-state index contributed by atoms with van der Waals surface area (Å²) in [5.41, 5.74) is 2.61. The Morgan fingerprint density at radius 1 is 1.11 bits per heavy atom. The van der Waals surface area contributed by atoms with E-state index >= 15 is 0 Å². The molecule has 0 aliphatic heterocycles. The quantitative estimate of drug-likeness (QED) is 0.853. The predicted molar refractivity (Wildman–Crippen MR) is 81.7 cm³/mol. The molecule has 2 heteroatoms. The Kier molecular flexibility index (Phi) is 2.96. The molecular formula is C17H22N2. The third kappa shape index (κ3) is 2.58. The van der Waals surface area contributed by atoms with Gasteiger partial charge in [0, 0.05) is 11.4 Å². The molecule has 1 saturated carbocycles. The Balaban J connectivity index is 1.95. The summed E-state index contributed by atoms with van der Waals surface area (Å²) in [6.45, 7) is 6.72. The summed E-state index contributed by atoms with van der Waals surface area (Å²) in [4.78, 5) is 4.76. The number of pyridine rings is 1. The summed E-state index contributed by atoms with van der Waals surface area (Å²) >= 11 is 0. The Labute approximate surface area is 115 Å². The van der Waals surface area contributed by atoms with Crippen molar-refractivity contribution < 1.29 is 0 Å². The Morgan fingerprint density at radius 2 is 1.84 bits per heavy atom. The van der Waals surface area contributed by atoms with Crippen LogP contribution in [-0.4, -0.2) is 11.0 Å². The molecule has 1 aliphatic rings. The van der Waals surface area contributed by atoms with Crippen molar-refractivity contribution in [2.45, 2.75) is 51.5 Å². The third-order valence-corrected chi connectivity index (χ3v) is 4.02. The van der Waals surface area contributed by atoms with Crippen molar-refractivity contribution in [3.8, 4) is 0 Å². The van der Waals surface area contributed by atoms with Crippen molar-refractivity contribution in [3.63, 3.8) is 0 Å². The monoisotopic (exact) mass is 254 g/mol. The highest BCUT2D eigenvalue weighted by Crippen LogP contribution is 2.27. The molecule has 0 amide bonds. The molecule has 1 heterocycles. The standard InChI is InChI=1S/C17H22N2/c1-17(2,3)13-9-7-12-8-10-16(19-15(12)11-13)18-14-5-4-6-14/h7-11,14H,4-6H2,1-3H3,(H,18,19). The lowest BCUT2D eigenvalue weighted by Crippen LogP contribution is -2.27. The molecule has 0 saturated heterocycles. The van der Waals surface area contributed by atoms with Gasteiger partial charge in [0.25, 0.3) is 0 Å². The average molecular weight is 254 g/mol. The number of benzene rings is 1. The summed E-state index contributed by atoms with van der Waals surface area (Å²) in [6, 6.07) is 11.5. The maximum atomic E-state index is 4.76.